The summed E-state index contributed by atoms with van der Waals surface area (Å²) in [5, 5.41) is 0. The highest BCUT2D eigenvalue weighted by Crippen LogP contribution is 2.34. The van der Waals surface area contributed by atoms with E-state index in [0.717, 1.165) is 31.6 Å². The van der Waals surface area contributed by atoms with Gasteiger partial charge in [-0.2, -0.15) is 0 Å². The number of fused-ring (bicyclic) bond motifs is 1. The van der Waals surface area contributed by atoms with Gasteiger partial charge in [0, 0.05) is 12.5 Å². The molecule has 0 bridgehead atoms. The fourth-order valence-corrected chi connectivity index (χ4v) is 1.91. The lowest BCUT2D eigenvalue weighted by Gasteiger charge is -2.24. The molecule has 0 amide bonds. The summed E-state index contributed by atoms with van der Waals surface area (Å²) in [5.41, 5.74) is 0. The van der Waals surface area contributed by atoms with Crippen molar-refractivity contribution in [2.75, 3.05) is 6.61 Å². The Morgan fingerprint density at radius 1 is 1.06 bits per heavy atom. The summed E-state index contributed by atoms with van der Waals surface area (Å²) in [6.45, 7) is 0.776. The minimum atomic E-state index is -0.137. The molecule has 17 heavy (non-hydrogen) atoms. The van der Waals surface area contributed by atoms with Crippen LogP contribution in [-0.4, -0.2) is 12.9 Å². The van der Waals surface area contributed by atoms with Crippen molar-refractivity contribution in [2.24, 2.45) is 0 Å². The van der Waals surface area contributed by atoms with Gasteiger partial charge in [0.05, 0.1) is 6.61 Å². The summed E-state index contributed by atoms with van der Waals surface area (Å²) in [6.07, 6.45) is 6.08. The molecule has 0 spiro atoms. The Morgan fingerprint density at radius 2 is 1.94 bits per heavy atom. The molecule has 0 saturated carbocycles. The van der Waals surface area contributed by atoms with E-state index in [1.807, 2.05) is 18.2 Å². The molecule has 1 aromatic rings. The van der Waals surface area contributed by atoms with E-state index in [1.165, 1.54) is 12.5 Å². The van der Waals surface area contributed by atoms with Crippen LogP contribution in [0.5, 0.6) is 17.2 Å². The van der Waals surface area contributed by atoms with Gasteiger partial charge in [-0.25, -0.2) is 0 Å². The fourth-order valence-electron chi connectivity index (χ4n) is 1.91. The van der Waals surface area contributed by atoms with Crippen LogP contribution >= 0.6 is 0 Å². The average molecular weight is 234 g/mol. The van der Waals surface area contributed by atoms with Crippen LogP contribution in [0.2, 0.25) is 0 Å². The Kier molecular flexibility index (Phi) is 2.88. The molecule has 1 atom stereocenters. The second-order valence-corrected chi connectivity index (χ2v) is 4.03. The zero-order valence-corrected chi connectivity index (χ0v) is 9.43. The van der Waals surface area contributed by atoms with Gasteiger partial charge in [0.15, 0.2) is 17.8 Å². The molecule has 0 N–H and O–H groups in total. The fraction of sp³-hybridized carbons (Fsp3) is 0.385. The van der Waals surface area contributed by atoms with E-state index < -0.39 is 0 Å². The molecule has 4 nitrogen and oxygen atoms in total. The highest BCUT2D eigenvalue weighted by atomic mass is 16.7. The third-order valence-electron chi connectivity index (χ3n) is 2.77. The van der Waals surface area contributed by atoms with Gasteiger partial charge in [0.1, 0.15) is 18.3 Å². The maximum Gasteiger partial charge on any atom is 0.199 e. The van der Waals surface area contributed by atoms with Crippen LogP contribution < -0.4 is 14.2 Å². The standard InChI is InChI=1S/C13H14O4/c1-2-6-16-13(3-1)17-10-4-5-11-12(9-10)15-8-7-14-11/h4-5,7-9,13H,1-3,6H2. The van der Waals surface area contributed by atoms with Crippen molar-refractivity contribution in [2.45, 2.75) is 25.6 Å². The number of rotatable bonds is 2. The first-order valence-electron chi connectivity index (χ1n) is 5.82. The topological polar surface area (TPSA) is 36.9 Å². The van der Waals surface area contributed by atoms with E-state index in [4.69, 9.17) is 18.9 Å². The van der Waals surface area contributed by atoms with Gasteiger partial charge in [-0.3, -0.25) is 0 Å². The predicted molar refractivity (Wildman–Crippen MR) is 61.1 cm³/mol. The van der Waals surface area contributed by atoms with Crippen LogP contribution in [0, 0.1) is 0 Å². The molecule has 2 heterocycles. The van der Waals surface area contributed by atoms with Gasteiger partial charge >= 0.3 is 0 Å². The van der Waals surface area contributed by atoms with Crippen LogP contribution in [0.25, 0.3) is 0 Å². The summed E-state index contributed by atoms with van der Waals surface area (Å²) in [7, 11) is 0. The number of benzene rings is 1. The van der Waals surface area contributed by atoms with E-state index in [-0.39, 0.29) is 6.29 Å². The molecule has 90 valence electrons. The average Bonchev–Trinajstić information content (AvgIpc) is 2.40. The van der Waals surface area contributed by atoms with Crippen LogP contribution in [0.15, 0.2) is 30.7 Å². The Labute approximate surface area is 99.7 Å². The summed E-state index contributed by atoms with van der Waals surface area (Å²) < 4.78 is 21.9. The molecular weight excluding hydrogens is 220 g/mol. The maximum atomic E-state index is 5.74. The molecule has 0 aliphatic carbocycles. The minimum absolute atomic E-state index is 0.137. The SMILES string of the molecule is C1=COc2cc(OC3CCCCO3)ccc2O1. The normalized spacial score (nSPS) is 22.2. The van der Waals surface area contributed by atoms with Crippen molar-refractivity contribution >= 4 is 0 Å². The van der Waals surface area contributed by atoms with Crippen molar-refractivity contribution in [1.29, 1.82) is 0 Å². The van der Waals surface area contributed by atoms with E-state index in [0.29, 0.717) is 11.5 Å². The van der Waals surface area contributed by atoms with Gasteiger partial charge < -0.3 is 18.9 Å². The van der Waals surface area contributed by atoms with Crippen LogP contribution in [0.3, 0.4) is 0 Å². The van der Waals surface area contributed by atoms with Crippen LogP contribution in [0.4, 0.5) is 0 Å². The molecule has 0 radical (unpaired) electrons. The minimum Gasteiger partial charge on any atom is -0.465 e. The Hall–Kier alpha value is -1.68. The third kappa shape index (κ3) is 2.36. The monoisotopic (exact) mass is 234 g/mol. The Balaban J connectivity index is 1.71. The molecule has 4 heteroatoms. The molecular formula is C13H14O4. The first kappa shape index (κ1) is 10.5. The molecule has 2 aliphatic rings. The van der Waals surface area contributed by atoms with Crippen molar-refractivity contribution in [3.05, 3.63) is 30.7 Å². The summed E-state index contributed by atoms with van der Waals surface area (Å²) in [4.78, 5) is 0. The summed E-state index contributed by atoms with van der Waals surface area (Å²) in [6, 6.07) is 5.51. The molecule has 1 fully saturated rings. The van der Waals surface area contributed by atoms with Crippen molar-refractivity contribution < 1.29 is 18.9 Å². The van der Waals surface area contributed by atoms with Crippen molar-refractivity contribution in [3.8, 4) is 17.2 Å². The lowest BCUT2D eigenvalue weighted by atomic mass is 10.2. The quantitative estimate of drug-likeness (QED) is 0.788. The number of hydrogen-bond acceptors (Lipinski definition) is 4. The van der Waals surface area contributed by atoms with Gasteiger partial charge in [0.2, 0.25) is 0 Å². The highest BCUT2D eigenvalue weighted by Gasteiger charge is 2.16. The molecule has 1 saturated heterocycles. The Morgan fingerprint density at radius 3 is 2.76 bits per heavy atom. The maximum absolute atomic E-state index is 5.74. The number of ether oxygens (including phenoxy) is 4. The predicted octanol–water partition coefficient (Wildman–Crippen LogP) is 2.83. The first-order valence-corrected chi connectivity index (χ1v) is 5.82. The van der Waals surface area contributed by atoms with Gasteiger partial charge in [-0.05, 0) is 25.0 Å². The van der Waals surface area contributed by atoms with E-state index >= 15 is 0 Å². The zero-order valence-electron chi connectivity index (χ0n) is 9.43. The van der Waals surface area contributed by atoms with E-state index in [2.05, 4.69) is 0 Å². The van der Waals surface area contributed by atoms with Gasteiger partial charge in [0.25, 0.3) is 0 Å². The van der Waals surface area contributed by atoms with E-state index in [1.54, 1.807) is 0 Å². The molecule has 0 aromatic heterocycles. The van der Waals surface area contributed by atoms with E-state index in [9.17, 15) is 0 Å². The summed E-state index contributed by atoms with van der Waals surface area (Å²) >= 11 is 0. The van der Waals surface area contributed by atoms with Crippen LogP contribution in [-0.2, 0) is 4.74 Å². The lowest BCUT2D eigenvalue weighted by molar-refractivity contribution is -0.105. The second-order valence-electron chi connectivity index (χ2n) is 4.03. The third-order valence-corrected chi connectivity index (χ3v) is 2.77. The van der Waals surface area contributed by atoms with Crippen molar-refractivity contribution in [3.63, 3.8) is 0 Å². The largest absolute Gasteiger partial charge is 0.465 e. The highest BCUT2D eigenvalue weighted by molar-refractivity contribution is 5.47. The molecule has 3 rings (SSSR count). The van der Waals surface area contributed by atoms with Crippen molar-refractivity contribution in [1.82, 2.24) is 0 Å². The number of hydrogen-bond donors (Lipinski definition) is 0. The first-order chi connectivity index (χ1) is 8.42. The summed E-state index contributed by atoms with van der Waals surface area (Å²) in [5.74, 6) is 2.11. The molecule has 1 unspecified atom stereocenters. The second kappa shape index (κ2) is 4.67. The molecule has 2 aliphatic heterocycles. The molecule has 1 aromatic carbocycles. The Bertz CT molecular complexity index is 421. The lowest BCUT2D eigenvalue weighted by Crippen LogP contribution is -2.24. The smallest absolute Gasteiger partial charge is 0.199 e. The van der Waals surface area contributed by atoms with Gasteiger partial charge in [-0.1, -0.05) is 0 Å². The van der Waals surface area contributed by atoms with Crippen LogP contribution in [0.1, 0.15) is 19.3 Å². The van der Waals surface area contributed by atoms with Gasteiger partial charge in [-0.15, -0.1) is 0 Å². The zero-order chi connectivity index (χ0) is 11.5.